The third kappa shape index (κ3) is 5.42. The van der Waals surface area contributed by atoms with Crippen LogP contribution in [-0.4, -0.2) is 11.7 Å². The summed E-state index contributed by atoms with van der Waals surface area (Å²) < 4.78 is 12.5. The van der Waals surface area contributed by atoms with Gasteiger partial charge in [-0.05, 0) is 68.9 Å². The zero-order valence-electron chi connectivity index (χ0n) is 29.2. The molecule has 0 aliphatic rings. The van der Waals surface area contributed by atoms with E-state index in [1.807, 2.05) is 72.8 Å². The second-order valence-corrected chi connectivity index (χ2v) is 13.5. The van der Waals surface area contributed by atoms with Crippen molar-refractivity contribution in [2.24, 2.45) is 15.7 Å². The standard InChI is InChI=1S/C49H33N3O2/c50-48(40-21-12-24-45-47(40)39-19-9-10-22-42(39)53-45)52-49(32-15-5-2-6-16-32)51-30-34-25-27-37(36-18-8-7-17-35(34)36)38-20-11-23-44-46(38)41-29-33(26-28-43(41)54-44)31-13-3-1-4-14-31/h1-29H,30H2,(H2,50,51,52). The van der Waals surface area contributed by atoms with Crippen LogP contribution in [0.3, 0.4) is 0 Å². The number of rotatable bonds is 6. The molecule has 0 aliphatic heterocycles. The van der Waals surface area contributed by atoms with Crippen molar-refractivity contribution < 1.29 is 8.83 Å². The molecule has 0 bridgehead atoms. The summed E-state index contributed by atoms with van der Waals surface area (Å²) in [5.74, 6) is 0.945. The molecule has 10 rings (SSSR count). The molecule has 8 aromatic carbocycles. The zero-order chi connectivity index (χ0) is 36.0. The van der Waals surface area contributed by atoms with Gasteiger partial charge in [-0.2, -0.15) is 0 Å². The van der Waals surface area contributed by atoms with E-state index in [0.29, 0.717) is 18.2 Å². The van der Waals surface area contributed by atoms with Crippen LogP contribution in [0, 0.1) is 0 Å². The fourth-order valence-electron chi connectivity index (χ4n) is 7.70. The predicted molar refractivity (Wildman–Crippen MR) is 223 cm³/mol. The largest absolute Gasteiger partial charge is 0.456 e. The molecule has 0 unspecified atom stereocenters. The lowest BCUT2D eigenvalue weighted by Gasteiger charge is -2.12. The van der Waals surface area contributed by atoms with E-state index in [0.717, 1.165) is 88.0 Å². The zero-order valence-corrected chi connectivity index (χ0v) is 29.2. The van der Waals surface area contributed by atoms with Gasteiger partial charge in [0.15, 0.2) is 5.84 Å². The second-order valence-electron chi connectivity index (χ2n) is 13.5. The lowest BCUT2D eigenvalue weighted by atomic mass is 9.92. The van der Waals surface area contributed by atoms with Gasteiger partial charge in [-0.1, -0.05) is 146 Å². The Labute approximate surface area is 311 Å². The fraction of sp³-hybridized carbons (Fsp3) is 0.0204. The number of amidine groups is 2. The average molecular weight is 696 g/mol. The smallest absolute Gasteiger partial charge is 0.157 e. The van der Waals surface area contributed by atoms with Gasteiger partial charge in [0.05, 0.1) is 6.54 Å². The van der Waals surface area contributed by atoms with Gasteiger partial charge >= 0.3 is 0 Å². The van der Waals surface area contributed by atoms with Crippen LogP contribution in [0.25, 0.3) is 76.9 Å². The fourth-order valence-corrected chi connectivity index (χ4v) is 7.70. The van der Waals surface area contributed by atoms with Crippen molar-refractivity contribution in [1.29, 1.82) is 0 Å². The molecular weight excluding hydrogens is 663 g/mol. The van der Waals surface area contributed by atoms with Crippen LogP contribution >= 0.6 is 0 Å². The molecule has 256 valence electrons. The Kier molecular flexibility index (Phi) is 7.62. The first kappa shape index (κ1) is 31.5. The first-order chi connectivity index (χ1) is 26.7. The van der Waals surface area contributed by atoms with E-state index in [4.69, 9.17) is 24.6 Å². The molecule has 2 aromatic heterocycles. The van der Waals surface area contributed by atoms with Crippen LogP contribution in [0.15, 0.2) is 195 Å². The summed E-state index contributed by atoms with van der Waals surface area (Å²) in [5, 5.41) is 6.43. The molecule has 0 aliphatic carbocycles. The molecule has 0 saturated heterocycles. The average Bonchev–Trinajstić information content (AvgIpc) is 3.81. The van der Waals surface area contributed by atoms with E-state index in [1.54, 1.807) is 0 Å². The van der Waals surface area contributed by atoms with Gasteiger partial charge in [-0.3, -0.25) is 4.99 Å². The van der Waals surface area contributed by atoms with Crippen molar-refractivity contribution in [3.63, 3.8) is 0 Å². The topological polar surface area (TPSA) is 77.0 Å². The molecule has 0 radical (unpaired) electrons. The number of aliphatic imine (C=N–C) groups is 2. The van der Waals surface area contributed by atoms with E-state index in [9.17, 15) is 0 Å². The van der Waals surface area contributed by atoms with E-state index in [-0.39, 0.29) is 0 Å². The number of nitrogens with two attached hydrogens (primary N) is 1. The minimum atomic E-state index is 0.380. The monoisotopic (exact) mass is 695 g/mol. The van der Waals surface area contributed by atoms with Crippen molar-refractivity contribution in [2.75, 3.05) is 0 Å². The predicted octanol–water partition coefficient (Wildman–Crippen LogP) is 12.3. The summed E-state index contributed by atoms with van der Waals surface area (Å²) in [6.45, 7) is 0.417. The van der Waals surface area contributed by atoms with Crippen LogP contribution in [0.2, 0.25) is 0 Å². The maximum Gasteiger partial charge on any atom is 0.157 e. The van der Waals surface area contributed by atoms with Crippen LogP contribution < -0.4 is 5.73 Å². The van der Waals surface area contributed by atoms with Gasteiger partial charge in [0.1, 0.15) is 28.2 Å². The Hall–Kier alpha value is -7.24. The lowest BCUT2D eigenvalue weighted by Crippen LogP contribution is -2.17. The van der Waals surface area contributed by atoms with Gasteiger partial charge in [0, 0.05) is 32.7 Å². The second kappa shape index (κ2) is 13.1. The van der Waals surface area contributed by atoms with Crippen LogP contribution in [0.4, 0.5) is 0 Å². The van der Waals surface area contributed by atoms with Crippen molar-refractivity contribution >= 4 is 66.3 Å². The number of para-hydroxylation sites is 1. The molecule has 5 nitrogen and oxygen atoms in total. The van der Waals surface area contributed by atoms with E-state index < -0.39 is 0 Å². The van der Waals surface area contributed by atoms with Crippen LogP contribution in [-0.2, 0) is 6.54 Å². The van der Waals surface area contributed by atoms with Crippen molar-refractivity contribution in [2.45, 2.75) is 6.54 Å². The van der Waals surface area contributed by atoms with Gasteiger partial charge in [0.25, 0.3) is 0 Å². The summed E-state index contributed by atoms with van der Waals surface area (Å²) in [4.78, 5) is 10.1. The summed E-state index contributed by atoms with van der Waals surface area (Å²) in [6.07, 6.45) is 0. The minimum Gasteiger partial charge on any atom is -0.456 e. The van der Waals surface area contributed by atoms with E-state index in [1.165, 1.54) is 5.56 Å². The first-order valence-corrected chi connectivity index (χ1v) is 18.1. The maximum absolute atomic E-state index is 6.83. The number of hydrogen-bond acceptors (Lipinski definition) is 3. The lowest BCUT2D eigenvalue weighted by molar-refractivity contribution is 0.668. The number of fused-ring (bicyclic) bond motifs is 7. The Balaban J connectivity index is 1.08. The summed E-state index contributed by atoms with van der Waals surface area (Å²) in [6, 6.07) is 60.1. The summed E-state index contributed by atoms with van der Waals surface area (Å²) in [5.41, 5.74) is 17.6. The Bertz CT molecular complexity index is 3080. The third-order valence-electron chi connectivity index (χ3n) is 10.2. The molecule has 0 fully saturated rings. The maximum atomic E-state index is 6.83. The summed E-state index contributed by atoms with van der Waals surface area (Å²) >= 11 is 0. The van der Waals surface area contributed by atoms with Gasteiger partial charge < -0.3 is 14.6 Å². The quantitative estimate of drug-likeness (QED) is 0.139. The Morgan fingerprint density at radius 1 is 0.463 bits per heavy atom. The van der Waals surface area contributed by atoms with Crippen molar-refractivity contribution in [1.82, 2.24) is 0 Å². The Morgan fingerprint density at radius 3 is 1.93 bits per heavy atom. The number of hydrogen-bond donors (Lipinski definition) is 1. The van der Waals surface area contributed by atoms with E-state index in [2.05, 4.69) is 103 Å². The third-order valence-corrected chi connectivity index (χ3v) is 10.2. The molecule has 0 amide bonds. The van der Waals surface area contributed by atoms with Crippen LogP contribution in [0.5, 0.6) is 0 Å². The molecule has 5 heteroatoms. The molecular formula is C49H33N3O2. The Morgan fingerprint density at radius 2 is 1.11 bits per heavy atom. The highest BCUT2D eigenvalue weighted by Crippen LogP contribution is 2.41. The highest BCUT2D eigenvalue weighted by atomic mass is 16.3. The highest BCUT2D eigenvalue weighted by molar-refractivity contribution is 6.21. The first-order valence-electron chi connectivity index (χ1n) is 18.1. The van der Waals surface area contributed by atoms with Crippen LogP contribution in [0.1, 0.15) is 16.7 Å². The van der Waals surface area contributed by atoms with Crippen molar-refractivity contribution in [3.05, 3.63) is 193 Å². The highest BCUT2D eigenvalue weighted by Gasteiger charge is 2.17. The van der Waals surface area contributed by atoms with Crippen molar-refractivity contribution in [3.8, 4) is 22.3 Å². The molecule has 0 spiro atoms. The van der Waals surface area contributed by atoms with Gasteiger partial charge in [-0.15, -0.1) is 0 Å². The minimum absolute atomic E-state index is 0.380. The number of nitrogens with zero attached hydrogens (tertiary/aromatic N) is 2. The number of benzene rings is 8. The number of furan rings is 2. The molecule has 2 heterocycles. The van der Waals surface area contributed by atoms with Gasteiger partial charge in [0.2, 0.25) is 0 Å². The van der Waals surface area contributed by atoms with Gasteiger partial charge in [-0.25, -0.2) is 4.99 Å². The molecule has 10 aromatic rings. The van der Waals surface area contributed by atoms with E-state index >= 15 is 0 Å². The molecule has 0 atom stereocenters. The summed E-state index contributed by atoms with van der Waals surface area (Å²) in [7, 11) is 0. The molecule has 54 heavy (non-hydrogen) atoms. The normalized spacial score (nSPS) is 12.4. The SMILES string of the molecule is N/C(=N\C(=N/Cc1ccc(-c2cccc3oc4ccc(-c5ccccc5)cc4c23)c2ccccc12)c1ccccc1)c1cccc2oc3ccccc3c12. The molecule has 2 N–H and O–H groups in total. The molecule has 0 saturated carbocycles.